The topological polar surface area (TPSA) is 55.1 Å². The van der Waals surface area contributed by atoms with Crippen LogP contribution >= 0.6 is 0 Å². The van der Waals surface area contributed by atoms with E-state index in [0.717, 1.165) is 32.1 Å². The van der Waals surface area contributed by atoms with Gasteiger partial charge in [-0.3, -0.25) is 4.79 Å². The van der Waals surface area contributed by atoms with Crippen molar-refractivity contribution in [3.8, 4) is 0 Å². The van der Waals surface area contributed by atoms with Gasteiger partial charge in [0.25, 0.3) is 0 Å². The summed E-state index contributed by atoms with van der Waals surface area (Å²) in [6, 6.07) is 0.400. The van der Waals surface area contributed by atoms with E-state index in [9.17, 15) is 4.79 Å². The zero-order valence-corrected chi connectivity index (χ0v) is 8.72. The third kappa shape index (κ3) is 1.92. The quantitative estimate of drug-likeness (QED) is 0.699. The first-order valence-corrected chi connectivity index (χ1v) is 5.81. The van der Waals surface area contributed by atoms with E-state index in [2.05, 4.69) is 5.32 Å². The number of amides is 1. The molecule has 0 unspecified atom stereocenters. The van der Waals surface area contributed by atoms with Crippen molar-refractivity contribution in [1.82, 2.24) is 5.32 Å². The fraction of sp³-hybridized carbons (Fsp3) is 0.909. The van der Waals surface area contributed by atoms with Gasteiger partial charge in [-0.2, -0.15) is 0 Å². The Bertz CT molecular complexity index is 217. The van der Waals surface area contributed by atoms with E-state index in [1.54, 1.807) is 0 Å². The van der Waals surface area contributed by atoms with E-state index >= 15 is 0 Å². The minimum atomic E-state index is -0.516. The first-order valence-electron chi connectivity index (χ1n) is 5.81. The van der Waals surface area contributed by atoms with Crippen LogP contribution in [-0.2, 0) is 4.79 Å². The minimum absolute atomic E-state index is 0.0932. The molecule has 0 aromatic carbocycles. The van der Waals surface area contributed by atoms with Crippen LogP contribution in [0.4, 0.5) is 0 Å². The molecule has 80 valence electrons. The lowest BCUT2D eigenvalue weighted by molar-refractivity contribution is -0.130. The molecule has 3 heteroatoms. The Morgan fingerprint density at radius 2 is 1.79 bits per heavy atom. The molecule has 2 rings (SSSR count). The molecular weight excluding hydrogens is 176 g/mol. The van der Waals surface area contributed by atoms with Gasteiger partial charge < -0.3 is 11.1 Å². The molecule has 2 fully saturated rings. The second-order valence-electron chi connectivity index (χ2n) is 4.82. The van der Waals surface area contributed by atoms with Gasteiger partial charge in [-0.25, -0.2) is 0 Å². The molecule has 0 aromatic heterocycles. The highest BCUT2D eigenvalue weighted by atomic mass is 16.2. The average Bonchev–Trinajstić information content (AvgIpc) is 2.15. The van der Waals surface area contributed by atoms with Crippen molar-refractivity contribution in [2.75, 3.05) is 0 Å². The SMILES string of the molecule is NC1(C(=O)NC2CCCCC2)CCC1. The zero-order valence-electron chi connectivity index (χ0n) is 8.72. The highest BCUT2D eigenvalue weighted by Gasteiger charge is 2.40. The molecule has 2 aliphatic rings. The number of rotatable bonds is 2. The van der Waals surface area contributed by atoms with Crippen molar-refractivity contribution in [2.24, 2.45) is 5.73 Å². The maximum atomic E-state index is 11.8. The van der Waals surface area contributed by atoms with E-state index < -0.39 is 5.54 Å². The normalized spacial score (nSPS) is 26.6. The lowest BCUT2D eigenvalue weighted by Gasteiger charge is -2.38. The van der Waals surface area contributed by atoms with Crippen molar-refractivity contribution in [1.29, 1.82) is 0 Å². The molecule has 0 saturated heterocycles. The molecule has 0 spiro atoms. The fourth-order valence-electron chi connectivity index (χ4n) is 2.36. The molecular formula is C11H20N2O. The number of nitrogens with two attached hydrogens (primary N) is 1. The maximum Gasteiger partial charge on any atom is 0.240 e. The number of hydrogen-bond acceptors (Lipinski definition) is 2. The van der Waals surface area contributed by atoms with Gasteiger partial charge in [0.1, 0.15) is 0 Å². The van der Waals surface area contributed by atoms with Crippen LogP contribution in [-0.4, -0.2) is 17.5 Å². The van der Waals surface area contributed by atoms with Gasteiger partial charge >= 0.3 is 0 Å². The van der Waals surface area contributed by atoms with Crippen LogP contribution in [0.25, 0.3) is 0 Å². The van der Waals surface area contributed by atoms with Crippen molar-refractivity contribution in [3.05, 3.63) is 0 Å². The molecule has 1 amide bonds. The van der Waals surface area contributed by atoms with Gasteiger partial charge in [0.15, 0.2) is 0 Å². The molecule has 0 heterocycles. The largest absolute Gasteiger partial charge is 0.352 e. The van der Waals surface area contributed by atoms with Crippen molar-refractivity contribution in [2.45, 2.75) is 62.9 Å². The highest BCUT2D eigenvalue weighted by Crippen LogP contribution is 2.29. The van der Waals surface area contributed by atoms with E-state index in [1.165, 1.54) is 19.3 Å². The summed E-state index contributed by atoms with van der Waals surface area (Å²) in [5, 5.41) is 3.10. The summed E-state index contributed by atoms with van der Waals surface area (Å²) in [7, 11) is 0. The summed E-state index contributed by atoms with van der Waals surface area (Å²) < 4.78 is 0. The molecule has 0 aromatic rings. The van der Waals surface area contributed by atoms with Crippen LogP contribution in [0.1, 0.15) is 51.4 Å². The Kier molecular flexibility index (Phi) is 2.77. The average molecular weight is 196 g/mol. The lowest BCUT2D eigenvalue weighted by Crippen LogP contribution is -2.60. The predicted molar refractivity (Wildman–Crippen MR) is 55.8 cm³/mol. The van der Waals surface area contributed by atoms with Crippen molar-refractivity contribution >= 4 is 5.91 Å². The Morgan fingerprint density at radius 1 is 1.14 bits per heavy atom. The monoisotopic (exact) mass is 196 g/mol. The highest BCUT2D eigenvalue weighted by molar-refractivity contribution is 5.87. The number of hydrogen-bond donors (Lipinski definition) is 2. The predicted octanol–water partition coefficient (Wildman–Crippen LogP) is 1.32. The Labute approximate surface area is 85.4 Å². The standard InChI is InChI=1S/C11H20N2O/c12-11(7-4-8-11)10(14)13-9-5-2-1-3-6-9/h9H,1-8,12H2,(H,13,14). The Balaban J connectivity index is 1.81. The third-order valence-corrected chi connectivity index (χ3v) is 3.64. The Hall–Kier alpha value is -0.570. The second kappa shape index (κ2) is 3.89. The number of carbonyl (C=O) groups is 1. The number of nitrogens with one attached hydrogen (secondary N) is 1. The van der Waals surface area contributed by atoms with Crippen LogP contribution < -0.4 is 11.1 Å². The fourth-order valence-corrected chi connectivity index (χ4v) is 2.36. The van der Waals surface area contributed by atoms with Crippen LogP contribution in [0.5, 0.6) is 0 Å². The van der Waals surface area contributed by atoms with Gasteiger partial charge in [0.2, 0.25) is 5.91 Å². The molecule has 0 radical (unpaired) electrons. The summed E-state index contributed by atoms with van der Waals surface area (Å²) in [6.45, 7) is 0. The van der Waals surface area contributed by atoms with Gasteiger partial charge in [-0.1, -0.05) is 19.3 Å². The van der Waals surface area contributed by atoms with Crippen molar-refractivity contribution in [3.63, 3.8) is 0 Å². The second-order valence-corrected chi connectivity index (χ2v) is 4.82. The summed E-state index contributed by atoms with van der Waals surface area (Å²) in [5.41, 5.74) is 5.44. The number of carbonyl (C=O) groups excluding carboxylic acids is 1. The molecule has 3 N–H and O–H groups in total. The lowest BCUT2D eigenvalue weighted by atomic mass is 9.76. The molecule has 0 aliphatic heterocycles. The van der Waals surface area contributed by atoms with E-state index in [0.29, 0.717) is 6.04 Å². The van der Waals surface area contributed by atoms with Crippen LogP contribution in [0.3, 0.4) is 0 Å². The molecule has 2 aliphatic carbocycles. The van der Waals surface area contributed by atoms with Gasteiger partial charge in [0.05, 0.1) is 5.54 Å². The molecule has 0 atom stereocenters. The van der Waals surface area contributed by atoms with Gasteiger partial charge in [0, 0.05) is 6.04 Å². The van der Waals surface area contributed by atoms with Crippen LogP contribution in [0.15, 0.2) is 0 Å². The molecule has 0 bridgehead atoms. The summed E-state index contributed by atoms with van der Waals surface area (Å²) in [6.07, 6.45) is 8.94. The van der Waals surface area contributed by atoms with E-state index in [4.69, 9.17) is 5.73 Å². The first kappa shape index (κ1) is 9.97. The minimum Gasteiger partial charge on any atom is -0.352 e. The maximum absolute atomic E-state index is 11.8. The molecule has 14 heavy (non-hydrogen) atoms. The van der Waals surface area contributed by atoms with Gasteiger partial charge in [-0.05, 0) is 32.1 Å². The van der Waals surface area contributed by atoms with E-state index in [1.807, 2.05) is 0 Å². The van der Waals surface area contributed by atoms with Crippen LogP contribution in [0, 0.1) is 0 Å². The third-order valence-electron chi connectivity index (χ3n) is 3.64. The van der Waals surface area contributed by atoms with Crippen LogP contribution in [0.2, 0.25) is 0 Å². The summed E-state index contributed by atoms with van der Waals surface area (Å²) in [5.74, 6) is 0.0932. The summed E-state index contributed by atoms with van der Waals surface area (Å²) >= 11 is 0. The van der Waals surface area contributed by atoms with E-state index in [-0.39, 0.29) is 5.91 Å². The summed E-state index contributed by atoms with van der Waals surface area (Å²) in [4.78, 5) is 11.8. The molecule has 2 saturated carbocycles. The molecule has 3 nitrogen and oxygen atoms in total. The first-order chi connectivity index (χ1) is 6.71. The Morgan fingerprint density at radius 3 is 2.29 bits per heavy atom. The van der Waals surface area contributed by atoms with Gasteiger partial charge in [-0.15, -0.1) is 0 Å². The smallest absolute Gasteiger partial charge is 0.240 e. The van der Waals surface area contributed by atoms with Crippen molar-refractivity contribution < 1.29 is 4.79 Å². The zero-order chi connectivity index (χ0) is 10.0.